The van der Waals surface area contributed by atoms with Crippen LogP contribution in [0, 0.1) is 0 Å². The summed E-state index contributed by atoms with van der Waals surface area (Å²) in [5.74, 6) is 1.04. The molecular weight excluding hydrogens is 248 g/mol. The van der Waals surface area contributed by atoms with Crippen LogP contribution in [0.3, 0.4) is 0 Å². The minimum Gasteiger partial charge on any atom is -0.380 e. The van der Waals surface area contributed by atoms with Gasteiger partial charge >= 0.3 is 0 Å². The van der Waals surface area contributed by atoms with Gasteiger partial charge in [0.1, 0.15) is 0 Å². The number of hydrogen-bond donors (Lipinski definition) is 1. The summed E-state index contributed by atoms with van der Waals surface area (Å²) < 4.78 is 7.54. The monoisotopic (exact) mass is 268 g/mol. The molecule has 0 atom stereocenters. The number of fused-ring (bicyclic) bond motifs is 1. The number of rotatable bonds is 7. The molecule has 0 aliphatic rings. The van der Waals surface area contributed by atoms with E-state index in [0.717, 1.165) is 37.1 Å². The first kappa shape index (κ1) is 13.3. The first-order valence-electron chi connectivity index (χ1n) is 6.15. The molecule has 18 heavy (non-hydrogen) atoms. The maximum Gasteiger partial charge on any atom is 0.195 e. The smallest absolute Gasteiger partial charge is 0.195 e. The molecule has 2 aromatic rings. The number of ether oxygens (including phenoxy) is 1. The van der Waals surface area contributed by atoms with Crippen molar-refractivity contribution in [2.45, 2.75) is 13.5 Å². The minimum absolute atomic E-state index is 0.733. The SMILES string of the molecule is CCOCCN(C)c1nc2sccn2c1CNC. The average Bonchev–Trinajstić information content (AvgIpc) is 2.92. The molecule has 2 rings (SSSR count). The van der Waals surface area contributed by atoms with Crippen LogP contribution in [-0.2, 0) is 11.3 Å². The fourth-order valence-electron chi connectivity index (χ4n) is 1.91. The molecule has 1 N–H and O–H groups in total. The number of anilines is 1. The quantitative estimate of drug-likeness (QED) is 0.774. The van der Waals surface area contributed by atoms with Crippen molar-refractivity contribution in [2.75, 3.05) is 38.8 Å². The van der Waals surface area contributed by atoms with Gasteiger partial charge in [0.15, 0.2) is 10.8 Å². The zero-order chi connectivity index (χ0) is 13.0. The normalized spacial score (nSPS) is 11.3. The van der Waals surface area contributed by atoms with Crippen LogP contribution in [0.25, 0.3) is 4.96 Å². The Morgan fingerprint density at radius 1 is 1.56 bits per heavy atom. The van der Waals surface area contributed by atoms with Gasteiger partial charge in [-0.2, -0.15) is 0 Å². The average molecular weight is 268 g/mol. The van der Waals surface area contributed by atoms with Crippen LogP contribution in [0.4, 0.5) is 5.82 Å². The van der Waals surface area contributed by atoms with Crippen LogP contribution >= 0.6 is 11.3 Å². The van der Waals surface area contributed by atoms with E-state index in [4.69, 9.17) is 4.74 Å². The number of nitrogens with zero attached hydrogens (tertiary/aromatic N) is 3. The molecule has 0 unspecified atom stereocenters. The molecule has 0 aliphatic heterocycles. The summed E-state index contributed by atoms with van der Waals surface area (Å²) in [6, 6.07) is 0. The molecule has 0 saturated heterocycles. The van der Waals surface area contributed by atoms with Gasteiger partial charge in [0, 0.05) is 38.3 Å². The van der Waals surface area contributed by atoms with Crippen molar-refractivity contribution in [3.8, 4) is 0 Å². The number of nitrogens with one attached hydrogen (secondary N) is 1. The van der Waals surface area contributed by atoms with E-state index in [0.29, 0.717) is 0 Å². The second-order valence-electron chi connectivity index (χ2n) is 4.09. The lowest BCUT2D eigenvalue weighted by atomic mass is 10.4. The van der Waals surface area contributed by atoms with Crippen LogP contribution in [0.15, 0.2) is 11.6 Å². The minimum atomic E-state index is 0.733. The van der Waals surface area contributed by atoms with E-state index in [-0.39, 0.29) is 0 Å². The van der Waals surface area contributed by atoms with Gasteiger partial charge in [-0.3, -0.25) is 4.40 Å². The van der Waals surface area contributed by atoms with Crippen molar-refractivity contribution in [1.82, 2.24) is 14.7 Å². The van der Waals surface area contributed by atoms with Crippen LogP contribution in [0.2, 0.25) is 0 Å². The van der Waals surface area contributed by atoms with E-state index in [1.165, 1.54) is 5.69 Å². The second-order valence-corrected chi connectivity index (χ2v) is 4.96. The third-order valence-electron chi connectivity index (χ3n) is 2.82. The molecule has 0 fully saturated rings. The molecule has 100 valence electrons. The van der Waals surface area contributed by atoms with Crippen molar-refractivity contribution in [3.63, 3.8) is 0 Å². The molecule has 5 nitrogen and oxygen atoms in total. The molecule has 0 aromatic carbocycles. The fraction of sp³-hybridized carbons (Fsp3) is 0.583. The lowest BCUT2D eigenvalue weighted by Crippen LogP contribution is -2.25. The van der Waals surface area contributed by atoms with Crippen molar-refractivity contribution in [2.24, 2.45) is 0 Å². The van der Waals surface area contributed by atoms with Gasteiger partial charge in [0.25, 0.3) is 0 Å². The molecule has 2 heterocycles. The second kappa shape index (κ2) is 6.17. The van der Waals surface area contributed by atoms with E-state index < -0.39 is 0 Å². The summed E-state index contributed by atoms with van der Waals surface area (Å²) in [7, 11) is 4.01. The van der Waals surface area contributed by atoms with E-state index in [1.807, 2.05) is 14.0 Å². The fourth-order valence-corrected chi connectivity index (χ4v) is 2.64. The molecule has 2 aromatic heterocycles. The lowest BCUT2D eigenvalue weighted by Gasteiger charge is -2.18. The number of thiazole rings is 1. The highest BCUT2D eigenvalue weighted by Crippen LogP contribution is 2.23. The maximum absolute atomic E-state index is 5.39. The molecule has 0 spiro atoms. The van der Waals surface area contributed by atoms with Crippen molar-refractivity contribution in [1.29, 1.82) is 0 Å². The Balaban J connectivity index is 2.19. The largest absolute Gasteiger partial charge is 0.380 e. The van der Waals surface area contributed by atoms with Crippen molar-refractivity contribution < 1.29 is 4.74 Å². The van der Waals surface area contributed by atoms with Gasteiger partial charge in [0.2, 0.25) is 0 Å². The number of aromatic nitrogens is 2. The maximum atomic E-state index is 5.39. The van der Waals surface area contributed by atoms with Crippen LogP contribution in [-0.4, -0.2) is 43.2 Å². The molecule has 0 amide bonds. The third-order valence-corrected chi connectivity index (χ3v) is 3.58. The Morgan fingerprint density at radius 3 is 3.11 bits per heavy atom. The van der Waals surface area contributed by atoms with Crippen LogP contribution < -0.4 is 10.2 Å². The van der Waals surface area contributed by atoms with Gasteiger partial charge < -0.3 is 15.0 Å². The van der Waals surface area contributed by atoms with Gasteiger partial charge in [-0.1, -0.05) is 0 Å². The van der Waals surface area contributed by atoms with E-state index in [1.54, 1.807) is 11.3 Å². The molecule has 6 heteroatoms. The summed E-state index contributed by atoms with van der Waals surface area (Å²) in [5.41, 5.74) is 1.20. The third kappa shape index (κ3) is 2.66. The first-order chi connectivity index (χ1) is 8.77. The summed E-state index contributed by atoms with van der Waals surface area (Å²) in [5, 5.41) is 5.26. The van der Waals surface area contributed by atoms with Crippen molar-refractivity contribution in [3.05, 3.63) is 17.3 Å². The number of imidazole rings is 1. The Hall–Kier alpha value is -1.11. The Bertz CT molecular complexity index is 493. The molecular formula is C12H20N4OS. The Kier molecular flexibility index (Phi) is 4.57. The van der Waals surface area contributed by atoms with Crippen LogP contribution in [0.1, 0.15) is 12.6 Å². The number of likely N-dealkylation sites (N-methyl/N-ethyl adjacent to an activating group) is 1. The van der Waals surface area contributed by atoms with E-state index in [2.05, 4.69) is 38.2 Å². The lowest BCUT2D eigenvalue weighted by molar-refractivity contribution is 0.154. The van der Waals surface area contributed by atoms with Crippen LogP contribution in [0.5, 0.6) is 0 Å². The zero-order valence-corrected chi connectivity index (χ0v) is 12.0. The topological polar surface area (TPSA) is 41.8 Å². The molecule has 0 radical (unpaired) electrons. The highest BCUT2D eigenvalue weighted by molar-refractivity contribution is 7.15. The predicted molar refractivity (Wildman–Crippen MR) is 75.6 cm³/mol. The zero-order valence-electron chi connectivity index (χ0n) is 11.1. The van der Waals surface area contributed by atoms with E-state index >= 15 is 0 Å². The van der Waals surface area contributed by atoms with Gasteiger partial charge in [-0.05, 0) is 14.0 Å². The highest BCUT2D eigenvalue weighted by atomic mass is 32.1. The highest BCUT2D eigenvalue weighted by Gasteiger charge is 2.15. The van der Waals surface area contributed by atoms with Gasteiger partial charge in [-0.15, -0.1) is 11.3 Å². The molecule has 0 saturated carbocycles. The standard InChI is InChI=1S/C12H20N4OS/c1-4-17-7-5-15(3)11-10(9-13-2)16-6-8-18-12(16)14-11/h6,8,13H,4-5,7,9H2,1-3H3. The molecule has 0 bridgehead atoms. The molecule has 0 aliphatic carbocycles. The summed E-state index contributed by atoms with van der Waals surface area (Å²) in [6.07, 6.45) is 2.07. The van der Waals surface area contributed by atoms with Gasteiger partial charge in [-0.25, -0.2) is 4.98 Å². The Labute approximate surface area is 111 Å². The van der Waals surface area contributed by atoms with E-state index in [9.17, 15) is 0 Å². The van der Waals surface area contributed by atoms with Crippen molar-refractivity contribution >= 4 is 22.1 Å². The Morgan fingerprint density at radius 2 is 2.39 bits per heavy atom. The van der Waals surface area contributed by atoms with Gasteiger partial charge in [0.05, 0.1) is 12.3 Å². The summed E-state index contributed by atoms with van der Waals surface area (Å²) in [6.45, 7) is 5.17. The number of hydrogen-bond acceptors (Lipinski definition) is 5. The summed E-state index contributed by atoms with van der Waals surface area (Å²) in [4.78, 5) is 7.88. The predicted octanol–water partition coefficient (Wildman–Crippen LogP) is 1.59. The first-order valence-corrected chi connectivity index (χ1v) is 7.03. The summed E-state index contributed by atoms with van der Waals surface area (Å²) >= 11 is 1.66.